The van der Waals surface area contributed by atoms with E-state index in [0.29, 0.717) is 13.0 Å². The van der Waals surface area contributed by atoms with Crippen molar-refractivity contribution in [1.29, 1.82) is 0 Å². The summed E-state index contributed by atoms with van der Waals surface area (Å²) in [5.41, 5.74) is 0.963. The number of nitrogens with zero attached hydrogens (tertiary/aromatic N) is 1. The van der Waals surface area contributed by atoms with Crippen LogP contribution in [0.4, 0.5) is 5.69 Å². The van der Waals surface area contributed by atoms with Gasteiger partial charge in [-0.05, 0) is 39.2 Å². The second-order valence-corrected chi connectivity index (χ2v) is 4.92. The van der Waals surface area contributed by atoms with Crippen molar-refractivity contribution in [2.45, 2.75) is 12.8 Å². The fourth-order valence-corrected chi connectivity index (χ4v) is 1.76. The lowest BCUT2D eigenvalue weighted by Gasteiger charge is -2.10. The van der Waals surface area contributed by atoms with Gasteiger partial charge in [-0.25, -0.2) is 0 Å². The highest BCUT2D eigenvalue weighted by Gasteiger charge is 2.01. The van der Waals surface area contributed by atoms with Crippen LogP contribution < -0.4 is 15.4 Å². The van der Waals surface area contributed by atoms with E-state index in [9.17, 15) is 4.79 Å². The first-order chi connectivity index (χ1) is 9.61. The van der Waals surface area contributed by atoms with Gasteiger partial charge < -0.3 is 20.3 Å². The van der Waals surface area contributed by atoms with Crippen molar-refractivity contribution in [2.24, 2.45) is 0 Å². The number of hydrogen-bond donors (Lipinski definition) is 2. The highest BCUT2D eigenvalue weighted by Crippen LogP contribution is 2.16. The number of benzene rings is 1. The van der Waals surface area contributed by atoms with Crippen LogP contribution in [0, 0.1) is 0 Å². The van der Waals surface area contributed by atoms with Crippen molar-refractivity contribution in [3.63, 3.8) is 0 Å². The van der Waals surface area contributed by atoms with Crippen LogP contribution in [0.5, 0.6) is 5.75 Å². The lowest BCUT2D eigenvalue weighted by atomic mass is 10.3. The summed E-state index contributed by atoms with van der Waals surface area (Å²) in [6.45, 7) is 2.34. The number of carbonyl (C=O) groups is 1. The number of anilines is 1. The number of ether oxygens (including phenoxy) is 1. The zero-order valence-corrected chi connectivity index (χ0v) is 12.6. The Morgan fingerprint density at radius 2 is 2.10 bits per heavy atom. The monoisotopic (exact) mass is 279 g/mol. The van der Waals surface area contributed by atoms with E-state index >= 15 is 0 Å². The molecular weight excluding hydrogens is 254 g/mol. The average molecular weight is 279 g/mol. The molecular formula is C15H25N3O2. The molecule has 0 aromatic heterocycles. The molecule has 2 N–H and O–H groups in total. The fraction of sp³-hybridized carbons (Fsp3) is 0.533. The van der Waals surface area contributed by atoms with E-state index in [1.54, 1.807) is 7.11 Å². The number of methoxy groups -OCH3 is 1. The van der Waals surface area contributed by atoms with Crippen LogP contribution in [0.15, 0.2) is 24.3 Å². The molecule has 0 aliphatic carbocycles. The second kappa shape index (κ2) is 9.20. The first-order valence-corrected chi connectivity index (χ1v) is 6.91. The smallest absolute Gasteiger partial charge is 0.221 e. The SMILES string of the molecule is COc1cccc(NCCC(=O)NCCCN(C)C)c1. The molecule has 1 aromatic carbocycles. The molecule has 20 heavy (non-hydrogen) atoms. The van der Waals surface area contributed by atoms with Gasteiger partial charge in [0.05, 0.1) is 7.11 Å². The quantitative estimate of drug-likeness (QED) is 0.674. The van der Waals surface area contributed by atoms with Crippen molar-refractivity contribution in [1.82, 2.24) is 10.2 Å². The summed E-state index contributed by atoms with van der Waals surface area (Å²) < 4.78 is 5.14. The third kappa shape index (κ3) is 6.99. The summed E-state index contributed by atoms with van der Waals surface area (Å²) in [6, 6.07) is 7.68. The van der Waals surface area contributed by atoms with Crippen LogP contribution in [0.3, 0.4) is 0 Å². The summed E-state index contributed by atoms with van der Waals surface area (Å²) in [6.07, 6.45) is 1.45. The molecule has 0 aliphatic heterocycles. The lowest BCUT2D eigenvalue weighted by molar-refractivity contribution is -0.120. The van der Waals surface area contributed by atoms with Crippen molar-refractivity contribution in [2.75, 3.05) is 46.2 Å². The summed E-state index contributed by atoms with van der Waals surface area (Å²) in [4.78, 5) is 13.7. The molecule has 0 aliphatic rings. The Kier molecular flexibility index (Phi) is 7.50. The van der Waals surface area contributed by atoms with Gasteiger partial charge in [0.2, 0.25) is 5.91 Å². The molecule has 1 aromatic rings. The average Bonchev–Trinajstić information content (AvgIpc) is 2.43. The van der Waals surface area contributed by atoms with E-state index in [4.69, 9.17) is 4.74 Å². The third-order valence-corrected chi connectivity index (χ3v) is 2.86. The number of hydrogen-bond acceptors (Lipinski definition) is 4. The number of carbonyl (C=O) groups excluding carboxylic acids is 1. The van der Waals surface area contributed by atoms with E-state index in [1.165, 1.54) is 0 Å². The van der Waals surface area contributed by atoms with Crippen LogP contribution in [0.1, 0.15) is 12.8 Å². The molecule has 0 spiro atoms. The van der Waals surface area contributed by atoms with Crippen molar-refractivity contribution in [3.05, 3.63) is 24.3 Å². The first kappa shape index (κ1) is 16.3. The van der Waals surface area contributed by atoms with Crippen molar-refractivity contribution in [3.8, 4) is 5.75 Å². The van der Waals surface area contributed by atoms with Gasteiger partial charge in [-0.1, -0.05) is 6.07 Å². The first-order valence-electron chi connectivity index (χ1n) is 6.91. The highest BCUT2D eigenvalue weighted by atomic mass is 16.5. The number of rotatable bonds is 9. The molecule has 0 radical (unpaired) electrons. The maximum atomic E-state index is 11.6. The zero-order chi connectivity index (χ0) is 14.8. The standard InChI is InChI=1S/C15H25N3O2/c1-18(2)11-5-9-17-15(19)8-10-16-13-6-4-7-14(12-13)20-3/h4,6-7,12,16H,5,8-11H2,1-3H3,(H,17,19). The van der Waals surface area contributed by atoms with Crippen LogP contribution >= 0.6 is 0 Å². The van der Waals surface area contributed by atoms with Crippen LogP contribution in [-0.4, -0.2) is 51.6 Å². The minimum absolute atomic E-state index is 0.0825. The predicted octanol–water partition coefficient (Wildman–Crippen LogP) is 1.57. The minimum Gasteiger partial charge on any atom is -0.497 e. The topological polar surface area (TPSA) is 53.6 Å². The normalized spacial score (nSPS) is 10.4. The highest BCUT2D eigenvalue weighted by molar-refractivity contribution is 5.76. The Balaban J connectivity index is 2.15. The van der Waals surface area contributed by atoms with Gasteiger partial charge >= 0.3 is 0 Å². The molecule has 0 heterocycles. The van der Waals surface area contributed by atoms with Gasteiger partial charge in [-0.3, -0.25) is 4.79 Å². The van der Waals surface area contributed by atoms with Gasteiger partial charge in [-0.15, -0.1) is 0 Å². The van der Waals surface area contributed by atoms with E-state index in [2.05, 4.69) is 15.5 Å². The van der Waals surface area contributed by atoms with Crippen LogP contribution in [0.2, 0.25) is 0 Å². The molecule has 5 nitrogen and oxygen atoms in total. The molecule has 112 valence electrons. The van der Waals surface area contributed by atoms with Gasteiger partial charge in [0.15, 0.2) is 0 Å². The minimum atomic E-state index is 0.0825. The summed E-state index contributed by atoms with van der Waals surface area (Å²) >= 11 is 0. The Morgan fingerprint density at radius 1 is 1.30 bits per heavy atom. The number of nitrogens with one attached hydrogen (secondary N) is 2. The summed E-state index contributed by atoms with van der Waals surface area (Å²) in [7, 11) is 5.69. The van der Waals surface area contributed by atoms with E-state index in [0.717, 1.165) is 30.9 Å². The van der Waals surface area contributed by atoms with E-state index in [-0.39, 0.29) is 5.91 Å². The molecule has 0 fully saturated rings. The van der Waals surface area contributed by atoms with Gasteiger partial charge in [-0.2, -0.15) is 0 Å². The molecule has 1 rings (SSSR count). The molecule has 1 amide bonds. The maximum absolute atomic E-state index is 11.6. The van der Waals surface area contributed by atoms with Crippen LogP contribution in [0.25, 0.3) is 0 Å². The maximum Gasteiger partial charge on any atom is 0.221 e. The van der Waals surface area contributed by atoms with Crippen LogP contribution in [-0.2, 0) is 4.79 Å². The van der Waals surface area contributed by atoms with Crippen molar-refractivity contribution < 1.29 is 9.53 Å². The Labute approximate surface area is 121 Å². The zero-order valence-electron chi connectivity index (χ0n) is 12.6. The summed E-state index contributed by atoms with van der Waals surface area (Å²) in [5, 5.41) is 6.13. The Bertz CT molecular complexity index is 408. The molecule has 0 bridgehead atoms. The van der Waals surface area contributed by atoms with Gasteiger partial charge in [0, 0.05) is 31.3 Å². The second-order valence-electron chi connectivity index (χ2n) is 4.92. The number of amides is 1. The largest absolute Gasteiger partial charge is 0.497 e. The molecule has 0 atom stereocenters. The van der Waals surface area contributed by atoms with E-state index < -0.39 is 0 Å². The molecule has 0 saturated carbocycles. The molecule has 0 unspecified atom stereocenters. The van der Waals surface area contributed by atoms with Gasteiger partial charge in [0.1, 0.15) is 5.75 Å². The van der Waals surface area contributed by atoms with Crippen molar-refractivity contribution >= 4 is 11.6 Å². The fourth-order valence-electron chi connectivity index (χ4n) is 1.76. The van der Waals surface area contributed by atoms with E-state index in [1.807, 2.05) is 38.4 Å². The predicted molar refractivity (Wildman–Crippen MR) is 82.3 cm³/mol. The lowest BCUT2D eigenvalue weighted by Crippen LogP contribution is -2.28. The molecule has 5 heteroatoms. The summed E-state index contributed by atoms with van der Waals surface area (Å²) in [5.74, 6) is 0.891. The Hall–Kier alpha value is -1.75. The third-order valence-electron chi connectivity index (χ3n) is 2.86. The van der Waals surface area contributed by atoms with Gasteiger partial charge in [0.25, 0.3) is 0 Å². The Morgan fingerprint density at radius 3 is 2.80 bits per heavy atom. The molecule has 0 saturated heterocycles.